The number of benzene rings is 1. The van der Waals surface area contributed by atoms with Crippen LogP contribution in [0.25, 0.3) is 0 Å². The van der Waals surface area contributed by atoms with Gasteiger partial charge in [0.25, 0.3) is 0 Å². The van der Waals surface area contributed by atoms with E-state index in [0.29, 0.717) is 16.1 Å². The predicted octanol–water partition coefficient (Wildman–Crippen LogP) is 4.94. The number of anilines is 1. The van der Waals surface area contributed by atoms with Gasteiger partial charge < -0.3 is 5.73 Å². The SMILES string of the molecule is Cc1cc(C(=O)c2cc(N)c(Cl)c(Cl)c2)sc1Br. The maximum Gasteiger partial charge on any atom is 0.203 e. The van der Waals surface area contributed by atoms with Crippen LogP contribution < -0.4 is 5.73 Å². The van der Waals surface area contributed by atoms with E-state index in [2.05, 4.69) is 15.9 Å². The Hall–Kier alpha value is -0.550. The number of rotatable bonds is 2. The summed E-state index contributed by atoms with van der Waals surface area (Å²) in [5.74, 6) is -0.112. The Labute approximate surface area is 127 Å². The zero-order valence-electron chi connectivity index (χ0n) is 9.26. The van der Waals surface area contributed by atoms with Gasteiger partial charge in [-0.05, 0) is 46.6 Å². The lowest BCUT2D eigenvalue weighted by atomic mass is 10.1. The number of hydrogen-bond donors (Lipinski definition) is 1. The van der Waals surface area contributed by atoms with Crippen LogP contribution in [0.1, 0.15) is 20.8 Å². The highest BCUT2D eigenvalue weighted by Crippen LogP contribution is 2.33. The Morgan fingerprint density at radius 3 is 2.50 bits per heavy atom. The van der Waals surface area contributed by atoms with E-state index in [9.17, 15) is 4.79 Å². The van der Waals surface area contributed by atoms with E-state index in [1.165, 1.54) is 17.4 Å². The number of thiophene rings is 1. The van der Waals surface area contributed by atoms with Crippen molar-refractivity contribution in [1.82, 2.24) is 0 Å². The largest absolute Gasteiger partial charge is 0.397 e. The lowest BCUT2D eigenvalue weighted by Gasteiger charge is -2.04. The number of ketones is 1. The molecule has 2 aromatic rings. The Kier molecular flexibility index (Phi) is 4.02. The van der Waals surface area contributed by atoms with Crippen molar-refractivity contribution in [1.29, 1.82) is 0 Å². The van der Waals surface area contributed by atoms with Gasteiger partial charge in [-0.2, -0.15) is 0 Å². The molecule has 2 nitrogen and oxygen atoms in total. The van der Waals surface area contributed by atoms with Gasteiger partial charge in [-0.1, -0.05) is 23.2 Å². The van der Waals surface area contributed by atoms with Crippen LogP contribution in [0.4, 0.5) is 5.69 Å². The Morgan fingerprint density at radius 1 is 1.33 bits per heavy atom. The average Bonchev–Trinajstić information content (AvgIpc) is 2.65. The van der Waals surface area contributed by atoms with Gasteiger partial charge in [-0.15, -0.1) is 11.3 Å². The zero-order chi connectivity index (χ0) is 13.4. The first-order chi connectivity index (χ1) is 8.40. The highest BCUT2D eigenvalue weighted by atomic mass is 79.9. The zero-order valence-corrected chi connectivity index (χ0v) is 13.2. The molecule has 0 saturated heterocycles. The van der Waals surface area contributed by atoms with Crippen LogP contribution in [0.2, 0.25) is 10.0 Å². The van der Waals surface area contributed by atoms with Crippen LogP contribution in [0, 0.1) is 6.92 Å². The summed E-state index contributed by atoms with van der Waals surface area (Å²) in [6.45, 7) is 1.93. The molecule has 0 aliphatic rings. The predicted molar refractivity (Wildman–Crippen MR) is 81.1 cm³/mol. The molecule has 18 heavy (non-hydrogen) atoms. The van der Waals surface area contributed by atoms with Gasteiger partial charge in [0.15, 0.2) is 0 Å². The van der Waals surface area contributed by atoms with Crippen molar-refractivity contribution in [2.24, 2.45) is 0 Å². The fourth-order valence-corrected chi connectivity index (χ4v) is 3.29. The molecule has 2 rings (SSSR count). The first-order valence-corrected chi connectivity index (χ1v) is 7.32. The first kappa shape index (κ1) is 13.9. The van der Waals surface area contributed by atoms with Crippen LogP contribution in [0.3, 0.4) is 0 Å². The molecule has 0 atom stereocenters. The van der Waals surface area contributed by atoms with Crippen molar-refractivity contribution in [3.05, 3.63) is 48.0 Å². The normalized spacial score (nSPS) is 10.7. The molecule has 94 valence electrons. The number of nitrogens with two attached hydrogens (primary N) is 1. The molecule has 1 aromatic carbocycles. The second-order valence-corrected chi connectivity index (χ2v) is 6.91. The van der Waals surface area contributed by atoms with Crippen molar-refractivity contribution >= 4 is 61.9 Å². The summed E-state index contributed by atoms with van der Waals surface area (Å²) in [4.78, 5) is 12.9. The standard InChI is InChI=1S/C12H8BrCl2NOS/c1-5-2-9(18-12(5)13)11(17)6-3-7(14)10(15)8(16)4-6/h2-4H,16H2,1H3. The van der Waals surface area contributed by atoms with E-state index in [1.54, 1.807) is 6.07 Å². The quantitative estimate of drug-likeness (QED) is 0.605. The fraction of sp³-hybridized carbons (Fsp3) is 0.0833. The third kappa shape index (κ3) is 2.57. The van der Waals surface area contributed by atoms with E-state index < -0.39 is 0 Å². The van der Waals surface area contributed by atoms with Crippen molar-refractivity contribution in [2.45, 2.75) is 6.92 Å². The molecule has 0 radical (unpaired) electrons. The summed E-state index contributed by atoms with van der Waals surface area (Å²) in [6, 6.07) is 4.90. The minimum atomic E-state index is -0.112. The van der Waals surface area contributed by atoms with Crippen LogP contribution in [-0.2, 0) is 0 Å². The summed E-state index contributed by atoms with van der Waals surface area (Å²) in [5.41, 5.74) is 7.47. The van der Waals surface area contributed by atoms with Gasteiger partial charge >= 0.3 is 0 Å². The molecule has 2 N–H and O–H groups in total. The molecule has 0 bridgehead atoms. The number of hydrogen-bond acceptors (Lipinski definition) is 3. The average molecular weight is 365 g/mol. The van der Waals surface area contributed by atoms with Gasteiger partial charge in [0.1, 0.15) is 0 Å². The third-order valence-corrected chi connectivity index (χ3v) is 5.35. The van der Waals surface area contributed by atoms with E-state index in [4.69, 9.17) is 28.9 Å². The number of aryl methyl sites for hydroxylation is 1. The van der Waals surface area contributed by atoms with Gasteiger partial charge in [-0.25, -0.2) is 0 Å². The maximum atomic E-state index is 12.3. The minimum absolute atomic E-state index is 0.112. The first-order valence-electron chi connectivity index (χ1n) is 4.95. The molecule has 0 unspecified atom stereocenters. The van der Waals surface area contributed by atoms with Crippen LogP contribution in [0.5, 0.6) is 0 Å². The molecular formula is C12H8BrCl2NOS. The van der Waals surface area contributed by atoms with Gasteiger partial charge in [0, 0.05) is 5.56 Å². The van der Waals surface area contributed by atoms with Crippen LogP contribution in [-0.4, -0.2) is 5.78 Å². The molecule has 0 amide bonds. The van der Waals surface area contributed by atoms with Crippen molar-refractivity contribution < 1.29 is 4.79 Å². The van der Waals surface area contributed by atoms with Gasteiger partial charge in [0.05, 0.1) is 24.4 Å². The topological polar surface area (TPSA) is 43.1 Å². The summed E-state index contributed by atoms with van der Waals surface area (Å²) in [7, 11) is 0. The van der Waals surface area contributed by atoms with Crippen LogP contribution in [0.15, 0.2) is 22.0 Å². The van der Waals surface area contributed by atoms with E-state index >= 15 is 0 Å². The van der Waals surface area contributed by atoms with Gasteiger partial charge in [0.2, 0.25) is 5.78 Å². The van der Waals surface area contributed by atoms with E-state index in [-0.39, 0.29) is 15.8 Å². The molecular weight excluding hydrogens is 357 g/mol. The molecule has 0 aliphatic heterocycles. The van der Waals surface area contributed by atoms with Crippen molar-refractivity contribution in [3.63, 3.8) is 0 Å². The maximum absolute atomic E-state index is 12.3. The minimum Gasteiger partial charge on any atom is -0.397 e. The number of nitrogen functional groups attached to an aromatic ring is 1. The summed E-state index contributed by atoms with van der Waals surface area (Å²) in [6.07, 6.45) is 0. The van der Waals surface area contributed by atoms with E-state index in [1.807, 2.05) is 13.0 Å². The van der Waals surface area contributed by atoms with Crippen LogP contribution >= 0.6 is 50.5 Å². The highest BCUT2D eigenvalue weighted by Gasteiger charge is 2.16. The number of carbonyl (C=O) groups is 1. The smallest absolute Gasteiger partial charge is 0.203 e. The number of carbonyl (C=O) groups excluding carboxylic acids is 1. The molecule has 1 heterocycles. The second kappa shape index (κ2) is 5.21. The Bertz CT molecular complexity index is 596. The Balaban J connectivity index is 2.46. The molecule has 0 aliphatic carbocycles. The monoisotopic (exact) mass is 363 g/mol. The van der Waals surface area contributed by atoms with E-state index in [0.717, 1.165) is 9.35 Å². The lowest BCUT2D eigenvalue weighted by Crippen LogP contribution is -2.00. The number of halogens is 3. The molecule has 1 aromatic heterocycles. The lowest BCUT2D eigenvalue weighted by molar-refractivity contribution is 0.104. The molecule has 0 saturated carbocycles. The van der Waals surface area contributed by atoms with Gasteiger partial charge in [-0.3, -0.25) is 4.79 Å². The summed E-state index contributed by atoms with van der Waals surface area (Å²) >= 11 is 16.5. The van der Waals surface area contributed by atoms with Crippen molar-refractivity contribution in [2.75, 3.05) is 5.73 Å². The summed E-state index contributed by atoms with van der Waals surface area (Å²) < 4.78 is 0.943. The molecule has 0 fully saturated rings. The second-order valence-electron chi connectivity index (χ2n) is 3.76. The summed E-state index contributed by atoms with van der Waals surface area (Å²) in [5, 5.41) is 0.559. The third-order valence-electron chi connectivity index (χ3n) is 2.40. The molecule has 6 heteroatoms. The Morgan fingerprint density at radius 2 is 2.00 bits per heavy atom. The molecule has 0 spiro atoms. The fourth-order valence-electron chi connectivity index (χ4n) is 1.46. The van der Waals surface area contributed by atoms with Crippen molar-refractivity contribution in [3.8, 4) is 0 Å². The highest BCUT2D eigenvalue weighted by molar-refractivity contribution is 9.11.